The molecule has 0 aromatic carbocycles. The van der Waals surface area contributed by atoms with Crippen LogP contribution in [0.3, 0.4) is 0 Å². The molecule has 3 heterocycles. The van der Waals surface area contributed by atoms with Crippen LogP contribution < -0.4 is 16.0 Å². The first kappa shape index (κ1) is 19.5. The number of nitrogen functional groups attached to an aromatic ring is 1. The standard InChI is InChI=1S/C14H21N7.2ClH/c1-8-9(2)19-20-13(8)11-6-12(18-14(15)17-11)21-5-4-10(7-21)16-3;;/h6,10,16H,4-5,7H2,1-3H3,(H,19,20)(H2,15,17,18);2*1H/t10-;;/m1../s1. The highest BCUT2D eigenvalue weighted by molar-refractivity contribution is 5.85. The number of nitrogens with two attached hydrogens (primary N) is 1. The fourth-order valence-electron chi connectivity index (χ4n) is 2.68. The molecule has 4 N–H and O–H groups in total. The molecule has 9 heteroatoms. The van der Waals surface area contributed by atoms with Crippen LogP contribution in [0.1, 0.15) is 17.7 Å². The van der Waals surface area contributed by atoms with Gasteiger partial charge in [0.25, 0.3) is 0 Å². The number of H-pyrrole nitrogens is 1. The van der Waals surface area contributed by atoms with Gasteiger partial charge in [0.1, 0.15) is 5.82 Å². The lowest BCUT2D eigenvalue weighted by Crippen LogP contribution is -2.30. The van der Waals surface area contributed by atoms with Gasteiger partial charge in [0.15, 0.2) is 0 Å². The number of anilines is 2. The van der Waals surface area contributed by atoms with Gasteiger partial charge >= 0.3 is 0 Å². The molecular formula is C14H23Cl2N7. The Labute approximate surface area is 148 Å². The SMILES string of the molecule is CN[C@@H]1CCN(c2cc(-c3[nH]nc(C)c3C)nc(N)n2)C1.Cl.Cl. The molecule has 23 heavy (non-hydrogen) atoms. The number of nitrogens with one attached hydrogen (secondary N) is 2. The number of hydrogen-bond donors (Lipinski definition) is 3. The second-order valence-electron chi connectivity index (χ2n) is 5.50. The summed E-state index contributed by atoms with van der Waals surface area (Å²) >= 11 is 0. The lowest BCUT2D eigenvalue weighted by Gasteiger charge is -2.18. The Morgan fingerprint density at radius 2 is 2.04 bits per heavy atom. The van der Waals surface area contributed by atoms with Crippen molar-refractivity contribution in [3.05, 3.63) is 17.3 Å². The molecule has 0 bridgehead atoms. The number of rotatable bonds is 3. The zero-order valence-corrected chi connectivity index (χ0v) is 15.1. The highest BCUT2D eigenvalue weighted by atomic mass is 35.5. The molecular weight excluding hydrogens is 337 g/mol. The molecule has 1 fully saturated rings. The Morgan fingerprint density at radius 3 is 2.61 bits per heavy atom. The third kappa shape index (κ3) is 3.85. The van der Waals surface area contributed by atoms with Gasteiger partial charge in [-0.2, -0.15) is 10.1 Å². The van der Waals surface area contributed by atoms with Crippen LogP contribution in [0.15, 0.2) is 6.07 Å². The fraction of sp³-hybridized carbons (Fsp3) is 0.500. The van der Waals surface area contributed by atoms with E-state index in [-0.39, 0.29) is 24.8 Å². The van der Waals surface area contributed by atoms with E-state index in [1.165, 1.54) is 0 Å². The minimum Gasteiger partial charge on any atom is -0.368 e. The van der Waals surface area contributed by atoms with Gasteiger partial charge in [-0.15, -0.1) is 24.8 Å². The third-order valence-corrected chi connectivity index (χ3v) is 4.16. The Hall–Kier alpha value is -1.57. The lowest BCUT2D eigenvalue weighted by atomic mass is 10.1. The smallest absolute Gasteiger partial charge is 0.222 e. The maximum Gasteiger partial charge on any atom is 0.222 e. The van der Waals surface area contributed by atoms with Gasteiger partial charge in [0, 0.05) is 25.2 Å². The van der Waals surface area contributed by atoms with Crippen LogP contribution >= 0.6 is 24.8 Å². The number of aromatic nitrogens is 4. The molecule has 0 radical (unpaired) electrons. The number of halogens is 2. The molecule has 0 aliphatic carbocycles. The van der Waals surface area contributed by atoms with Gasteiger partial charge in [-0.25, -0.2) is 4.98 Å². The maximum absolute atomic E-state index is 5.89. The van der Waals surface area contributed by atoms with Crippen molar-refractivity contribution in [3.8, 4) is 11.4 Å². The van der Waals surface area contributed by atoms with Crippen molar-refractivity contribution >= 4 is 36.6 Å². The van der Waals surface area contributed by atoms with Gasteiger partial charge < -0.3 is 16.0 Å². The number of aromatic amines is 1. The predicted molar refractivity (Wildman–Crippen MR) is 97.7 cm³/mol. The quantitative estimate of drug-likeness (QED) is 0.771. The largest absolute Gasteiger partial charge is 0.368 e. The van der Waals surface area contributed by atoms with Crippen LogP contribution in [0.5, 0.6) is 0 Å². The third-order valence-electron chi connectivity index (χ3n) is 4.16. The van der Waals surface area contributed by atoms with Crippen molar-refractivity contribution in [1.82, 2.24) is 25.5 Å². The summed E-state index contributed by atoms with van der Waals surface area (Å²) in [5.41, 5.74) is 9.66. The van der Waals surface area contributed by atoms with Crippen molar-refractivity contribution in [2.45, 2.75) is 26.3 Å². The maximum atomic E-state index is 5.89. The second kappa shape index (κ2) is 7.81. The Morgan fingerprint density at radius 1 is 1.30 bits per heavy atom. The Bertz CT molecular complexity index is 659. The summed E-state index contributed by atoms with van der Waals surface area (Å²) in [6.07, 6.45) is 1.11. The van der Waals surface area contributed by atoms with E-state index in [0.29, 0.717) is 12.0 Å². The van der Waals surface area contributed by atoms with Crippen LogP contribution in [-0.4, -0.2) is 46.3 Å². The van der Waals surface area contributed by atoms with E-state index in [2.05, 4.69) is 30.4 Å². The molecule has 7 nitrogen and oxygen atoms in total. The Kier molecular flexibility index (Phi) is 6.61. The average molecular weight is 360 g/mol. The monoisotopic (exact) mass is 359 g/mol. The number of nitrogens with zero attached hydrogens (tertiary/aromatic N) is 4. The minimum atomic E-state index is 0. The first-order valence-electron chi connectivity index (χ1n) is 7.17. The molecule has 2 aromatic heterocycles. The molecule has 0 saturated carbocycles. The molecule has 0 spiro atoms. The minimum absolute atomic E-state index is 0. The van der Waals surface area contributed by atoms with E-state index in [0.717, 1.165) is 48.0 Å². The topological polar surface area (TPSA) is 95.8 Å². The summed E-state index contributed by atoms with van der Waals surface area (Å²) < 4.78 is 0. The molecule has 3 rings (SSSR count). The highest BCUT2D eigenvalue weighted by Crippen LogP contribution is 2.26. The van der Waals surface area contributed by atoms with E-state index in [4.69, 9.17) is 5.73 Å². The first-order valence-corrected chi connectivity index (χ1v) is 7.17. The molecule has 1 aliphatic heterocycles. The highest BCUT2D eigenvalue weighted by Gasteiger charge is 2.23. The van der Waals surface area contributed by atoms with E-state index in [1.807, 2.05) is 27.0 Å². The summed E-state index contributed by atoms with van der Waals surface area (Å²) in [6.45, 7) is 5.91. The van der Waals surface area contributed by atoms with Crippen molar-refractivity contribution in [1.29, 1.82) is 0 Å². The molecule has 1 aliphatic rings. The van der Waals surface area contributed by atoms with Crippen molar-refractivity contribution in [3.63, 3.8) is 0 Å². The summed E-state index contributed by atoms with van der Waals surface area (Å²) in [4.78, 5) is 11.0. The zero-order valence-electron chi connectivity index (χ0n) is 13.5. The van der Waals surface area contributed by atoms with Crippen molar-refractivity contribution in [2.75, 3.05) is 30.8 Å². The van der Waals surface area contributed by atoms with Gasteiger partial charge in [0.05, 0.1) is 17.1 Å². The number of hydrogen-bond acceptors (Lipinski definition) is 6. The Balaban J connectivity index is 0.00000132. The second-order valence-corrected chi connectivity index (χ2v) is 5.50. The van der Waals surface area contributed by atoms with Gasteiger partial charge in [-0.1, -0.05) is 0 Å². The summed E-state index contributed by atoms with van der Waals surface area (Å²) in [5, 5.41) is 10.6. The van der Waals surface area contributed by atoms with Gasteiger partial charge in [-0.05, 0) is 32.9 Å². The summed E-state index contributed by atoms with van der Waals surface area (Å²) in [5.74, 6) is 1.17. The molecule has 2 aromatic rings. The van der Waals surface area contributed by atoms with Gasteiger partial charge in [0.2, 0.25) is 5.95 Å². The van der Waals surface area contributed by atoms with E-state index < -0.39 is 0 Å². The fourth-order valence-corrected chi connectivity index (χ4v) is 2.68. The molecule has 0 amide bonds. The van der Waals surface area contributed by atoms with Crippen LogP contribution in [0.2, 0.25) is 0 Å². The van der Waals surface area contributed by atoms with Crippen LogP contribution in [0.25, 0.3) is 11.4 Å². The zero-order chi connectivity index (χ0) is 15.0. The summed E-state index contributed by atoms with van der Waals surface area (Å²) in [6, 6.07) is 2.48. The van der Waals surface area contributed by atoms with E-state index in [9.17, 15) is 0 Å². The molecule has 128 valence electrons. The van der Waals surface area contributed by atoms with Crippen molar-refractivity contribution < 1.29 is 0 Å². The van der Waals surface area contributed by atoms with Crippen LogP contribution in [0.4, 0.5) is 11.8 Å². The van der Waals surface area contributed by atoms with Crippen LogP contribution in [-0.2, 0) is 0 Å². The van der Waals surface area contributed by atoms with Crippen molar-refractivity contribution in [2.24, 2.45) is 0 Å². The molecule has 0 unspecified atom stereocenters. The normalized spacial score (nSPS) is 16.8. The van der Waals surface area contributed by atoms with E-state index >= 15 is 0 Å². The molecule has 1 atom stereocenters. The average Bonchev–Trinajstić information content (AvgIpc) is 3.06. The molecule has 1 saturated heterocycles. The van der Waals surface area contributed by atoms with Gasteiger partial charge in [-0.3, -0.25) is 5.10 Å². The van der Waals surface area contributed by atoms with E-state index in [1.54, 1.807) is 0 Å². The number of likely N-dealkylation sites (N-methyl/N-ethyl adjacent to an activating group) is 1. The predicted octanol–water partition coefficient (Wildman–Crippen LogP) is 1.71. The number of aryl methyl sites for hydroxylation is 1. The summed E-state index contributed by atoms with van der Waals surface area (Å²) in [7, 11) is 1.99. The first-order chi connectivity index (χ1) is 10.1. The van der Waals surface area contributed by atoms with Crippen LogP contribution in [0, 0.1) is 13.8 Å². The lowest BCUT2D eigenvalue weighted by molar-refractivity contribution is 0.616.